The van der Waals surface area contributed by atoms with Crippen molar-refractivity contribution in [2.75, 3.05) is 0 Å². The minimum Gasteiger partial charge on any atom is -0.288 e. The summed E-state index contributed by atoms with van der Waals surface area (Å²) in [6, 6.07) is 18.0. The summed E-state index contributed by atoms with van der Waals surface area (Å²) in [5.41, 5.74) is 3.74. The molecule has 2 aromatic heterocycles. The fraction of sp³-hybridized carbons (Fsp3) is 0. The molecule has 0 radical (unpaired) electrons. The van der Waals surface area contributed by atoms with E-state index in [-0.39, 0.29) is 0 Å². The van der Waals surface area contributed by atoms with E-state index < -0.39 is 0 Å². The number of para-hydroxylation sites is 2. The fourth-order valence-corrected chi connectivity index (χ4v) is 2.67. The average molecular weight is 280 g/mol. The molecule has 4 rings (SSSR count). The zero-order valence-electron chi connectivity index (χ0n) is 10.5. The number of fused-ring (bicyclic) bond motifs is 3. The van der Waals surface area contributed by atoms with Gasteiger partial charge in [0.1, 0.15) is 11.3 Å². The van der Waals surface area contributed by atoms with Crippen LogP contribution in [-0.2, 0) is 0 Å². The molecule has 0 aliphatic rings. The van der Waals surface area contributed by atoms with E-state index in [1.807, 2.05) is 54.6 Å². The summed E-state index contributed by atoms with van der Waals surface area (Å²) in [7, 11) is 0. The molecule has 4 aromatic rings. The minimum atomic E-state index is 0.471. The third kappa shape index (κ3) is 1.60. The number of imidazole rings is 1. The second kappa shape index (κ2) is 4.32. The van der Waals surface area contributed by atoms with Crippen molar-refractivity contribution in [3.63, 3.8) is 0 Å². The molecule has 0 aliphatic carbocycles. The van der Waals surface area contributed by atoms with Crippen LogP contribution in [0.5, 0.6) is 0 Å². The van der Waals surface area contributed by atoms with Gasteiger partial charge in [0.15, 0.2) is 5.15 Å². The largest absolute Gasteiger partial charge is 0.288 e. The van der Waals surface area contributed by atoms with Crippen molar-refractivity contribution < 1.29 is 0 Å². The van der Waals surface area contributed by atoms with Gasteiger partial charge in [0.25, 0.3) is 0 Å². The van der Waals surface area contributed by atoms with Gasteiger partial charge < -0.3 is 0 Å². The van der Waals surface area contributed by atoms with Gasteiger partial charge in [0.2, 0.25) is 0 Å². The van der Waals surface area contributed by atoms with Crippen LogP contribution >= 0.6 is 11.6 Å². The highest BCUT2D eigenvalue weighted by atomic mass is 35.5. The molecule has 0 spiro atoms. The third-order valence-corrected chi connectivity index (χ3v) is 3.62. The topological polar surface area (TPSA) is 30.2 Å². The molecule has 3 nitrogen and oxygen atoms in total. The van der Waals surface area contributed by atoms with Crippen LogP contribution in [0.25, 0.3) is 27.9 Å². The van der Waals surface area contributed by atoms with Gasteiger partial charge in [-0.1, -0.05) is 54.1 Å². The molecule has 0 saturated heterocycles. The van der Waals surface area contributed by atoms with Crippen molar-refractivity contribution in [3.05, 3.63) is 65.9 Å². The monoisotopic (exact) mass is 279 g/mol. The van der Waals surface area contributed by atoms with Crippen LogP contribution in [0.3, 0.4) is 0 Å². The Hall–Kier alpha value is -2.39. The highest BCUT2D eigenvalue weighted by molar-refractivity contribution is 6.33. The van der Waals surface area contributed by atoms with E-state index in [2.05, 4.69) is 14.4 Å². The zero-order chi connectivity index (χ0) is 13.5. The van der Waals surface area contributed by atoms with Crippen molar-refractivity contribution >= 4 is 28.2 Å². The van der Waals surface area contributed by atoms with E-state index in [1.54, 1.807) is 6.20 Å². The molecule has 0 unspecified atom stereocenters. The van der Waals surface area contributed by atoms with Gasteiger partial charge in [0, 0.05) is 5.56 Å². The lowest BCUT2D eigenvalue weighted by atomic mass is 10.2. The third-order valence-electron chi connectivity index (χ3n) is 3.35. The Morgan fingerprint density at radius 1 is 0.850 bits per heavy atom. The maximum Gasteiger partial charge on any atom is 0.155 e. The molecule has 0 amide bonds. The first kappa shape index (κ1) is 11.4. The Morgan fingerprint density at radius 2 is 1.60 bits per heavy atom. The summed E-state index contributed by atoms with van der Waals surface area (Å²) in [6.07, 6.45) is 1.77. The first-order valence-corrected chi connectivity index (χ1v) is 6.69. The van der Waals surface area contributed by atoms with Gasteiger partial charge in [0.05, 0.1) is 17.2 Å². The molecule has 20 heavy (non-hydrogen) atoms. The van der Waals surface area contributed by atoms with Crippen LogP contribution in [0.15, 0.2) is 60.8 Å². The molecule has 0 fully saturated rings. The maximum absolute atomic E-state index is 6.26. The van der Waals surface area contributed by atoms with Crippen LogP contribution in [0.1, 0.15) is 0 Å². The molecular formula is C16H10ClN3. The van der Waals surface area contributed by atoms with Crippen molar-refractivity contribution in [1.29, 1.82) is 0 Å². The minimum absolute atomic E-state index is 0.471. The number of benzene rings is 2. The molecule has 0 saturated carbocycles. The number of halogens is 1. The molecule has 2 heterocycles. The standard InChI is InChI=1S/C16H10ClN3/c17-15-14-10-18-16(11-6-2-1-3-7-11)20(14)13-9-5-4-8-12(13)19-15/h1-10H. The number of rotatable bonds is 1. The van der Waals surface area contributed by atoms with Crippen LogP contribution in [0.4, 0.5) is 0 Å². The van der Waals surface area contributed by atoms with E-state index in [0.717, 1.165) is 27.9 Å². The zero-order valence-corrected chi connectivity index (χ0v) is 11.2. The van der Waals surface area contributed by atoms with Crippen LogP contribution < -0.4 is 0 Å². The van der Waals surface area contributed by atoms with Gasteiger partial charge >= 0.3 is 0 Å². The number of aromatic nitrogens is 3. The molecular weight excluding hydrogens is 270 g/mol. The maximum atomic E-state index is 6.26. The summed E-state index contributed by atoms with van der Waals surface area (Å²) in [5.74, 6) is 0.876. The number of hydrogen-bond acceptors (Lipinski definition) is 2. The van der Waals surface area contributed by atoms with Crippen molar-refractivity contribution in [2.45, 2.75) is 0 Å². The Bertz CT molecular complexity index is 913. The fourth-order valence-electron chi connectivity index (χ4n) is 2.44. The smallest absolute Gasteiger partial charge is 0.155 e. The molecule has 96 valence electrons. The molecule has 0 N–H and O–H groups in total. The second-order valence-electron chi connectivity index (χ2n) is 4.56. The van der Waals surface area contributed by atoms with E-state index >= 15 is 0 Å². The van der Waals surface area contributed by atoms with Gasteiger partial charge in [-0.15, -0.1) is 0 Å². The summed E-state index contributed by atoms with van der Waals surface area (Å²) in [4.78, 5) is 8.93. The predicted molar refractivity (Wildman–Crippen MR) is 80.9 cm³/mol. The van der Waals surface area contributed by atoms with Gasteiger partial charge in [-0.05, 0) is 12.1 Å². The Morgan fingerprint density at radius 3 is 2.45 bits per heavy atom. The number of nitrogens with zero attached hydrogens (tertiary/aromatic N) is 3. The van der Waals surface area contributed by atoms with E-state index in [1.165, 1.54) is 0 Å². The number of hydrogen-bond donors (Lipinski definition) is 0. The lowest BCUT2D eigenvalue weighted by Crippen LogP contribution is -1.94. The highest BCUT2D eigenvalue weighted by Gasteiger charge is 2.12. The van der Waals surface area contributed by atoms with Crippen molar-refractivity contribution in [3.8, 4) is 11.4 Å². The predicted octanol–water partition coefficient (Wildman–Crippen LogP) is 4.20. The Labute approximate surface area is 120 Å². The van der Waals surface area contributed by atoms with Crippen molar-refractivity contribution in [2.24, 2.45) is 0 Å². The lowest BCUT2D eigenvalue weighted by molar-refractivity contribution is 1.19. The van der Waals surface area contributed by atoms with Gasteiger partial charge in [-0.2, -0.15) is 0 Å². The molecule has 2 aromatic carbocycles. The SMILES string of the molecule is Clc1nc2ccccc2n2c(-c3ccccc3)ncc12. The molecule has 0 bridgehead atoms. The molecule has 0 aliphatic heterocycles. The lowest BCUT2D eigenvalue weighted by Gasteiger charge is -2.06. The first-order chi connectivity index (χ1) is 9.84. The quantitative estimate of drug-likeness (QED) is 0.523. The normalized spacial score (nSPS) is 11.2. The van der Waals surface area contributed by atoms with Crippen LogP contribution in [0, 0.1) is 0 Å². The summed E-state index contributed by atoms with van der Waals surface area (Å²) in [5, 5.41) is 0.471. The first-order valence-electron chi connectivity index (χ1n) is 6.32. The van der Waals surface area contributed by atoms with Crippen molar-refractivity contribution in [1.82, 2.24) is 14.4 Å². The van der Waals surface area contributed by atoms with Crippen LogP contribution in [0.2, 0.25) is 5.15 Å². The van der Waals surface area contributed by atoms with Gasteiger partial charge in [-0.3, -0.25) is 4.40 Å². The Kier molecular flexibility index (Phi) is 2.47. The molecule has 4 heteroatoms. The van der Waals surface area contributed by atoms with E-state index in [4.69, 9.17) is 11.6 Å². The van der Waals surface area contributed by atoms with E-state index in [0.29, 0.717) is 5.15 Å². The average Bonchev–Trinajstić information content (AvgIpc) is 2.94. The van der Waals surface area contributed by atoms with Gasteiger partial charge in [-0.25, -0.2) is 9.97 Å². The Balaban J connectivity index is 2.19. The summed E-state index contributed by atoms with van der Waals surface area (Å²) < 4.78 is 2.06. The second-order valence-corrected chi connectivity index (χ2v) is 4.92. The highest BCUT2D eigenvalue weighted by Crippen LogP contribution is 2.27. The van der Waals surface area contributed by atoms with Crippen LogP contribution in [-0.4, -0.2) is 14.4 Å². The summed E-state index contributed by atoms with van der Waals surface area (Å²) in [6.45, 7) is 0. The summed E-state index contributed by atoms with van der Waals surface area (Å²) >= 11 is 6.26. The molecule has 0 atom stereocenters. The van der Waals surface area contributed by atoms with E-state index in [9.17, 15) is 0 Å².